The number of hydrogen-bond acceptors (Lipinski definition) is 2. The minimum atomic E-state index is 0.0522. The monoisotopic (exact) mass is 285 g/mol. The molecule has 0 aliphatic heterocycles. The van der Waals surface area contributed by atoms with Gasteiger partial charge >= 0.3 is 0 Å². The van der Waals surface area contributed by atoms with Crippen LogP contribution >= 0.6 is 34.5 Å². The second-order valence-electron chi connectivity index (χ2n) is 4.88. The van der Waals surface area contributed by atoms with Gasteiger partial charge in [-0.1, -0.05) is 50.0 Å². The highest BCUT2D eigenvalue weighted by atomic mass is 35.5. The molecule has 0 fully saturated rings. The average Bonchev–Trinajstić information content (AvgIpc) is 2.65. The quantitative estimate of drug-likeness (QED) is 0.682. The molecule has 0 aliphatic carbocycles. The Kier molecular flexibility index (Phi) is 3.48. The van der Waals surface area contributed by atoms with Gasteiger partial charge in [-0.25, -0.2) is 4.98 Å². The normalized spacial score (nSPS) is 11.8. The van der Waals surface area contributed by atoms with Crippen molar-refractivity contribution in [2.24, 2.45) is 0 Å². The molecule has 4 heteroatoms. The van der Waals surface area contributed by atoms with Gasteiger partial charge < -0.3 is 0 Å². The van der Waals surface area contributed by atoms with Gasteiger partial charge in [0.1, 0.15) is 0 Å². The van der Waals surface area contributed by atoms with E-state index in [1.54, 1.807) is 11.3 Å². The van der Waals surface area contributed by atoms with Crippen LogP contribution in [-0.2, 0) is 5.41 Å². The third kappa shape index (κ3) is 2.65. The molecule has 0 aliphatic rings. The van der Waals surface area contributed by atoms with E-state index in [9.17, 15) is 0 Å². The van der Waals surface area contributed by atoms with Crippen molar-refractivity contribution in [3.63, 3.8) is 0 Å². The summed E-state index contributed by atoms with van der Waals surface area (Å²) < 4.78 is 0. The zero-order valence-electron chi connectivity index (χ0n) is 9.92. The van der Waals surface area contributed by atoms with Gasteiger partial charge in [0.25, 0.3) is 0 Å². The van der Waals surface area contributed by atoms with Crippen LogP contribution in [0.15, 0.2) is 23.6 Å². The zero-order chi connectivity index (χ0) is 12.6. The number of halogens is 2. The maximum Gasteiger partial charge on any atom is 0.0986 e. The summed E-state index contributed by atoms with van der Waals surface area (Å²) in [6.45, 7) is 6.43. The van der Waals surface area contributed by atoms with E-state index in [0.29, 0.717) is 10.0 Å². The van der Waals surface area contributed by atoms with Crippen LogP contribution in [0.3, 0.4) is 0 Å². The van der Waals surface area contributed by atoms with Crippen LogP contribution in [-0.4, -0.2) is 4.98 Å². The van der Waals surface area contributed by atoms with E-state index < -0.39 is 0 Å². The molecule has 0 amide bonds. The predicted octanol–water partition coefficient (Wildman–Crippen LogP) is 5.41. The van der Waals surface area contributed by atoms with Crippen molar-refractivity contribution < 1.29 is 0 Å². The summed E-state index contributed by atoms with van der Waals surface area (Å²) in [5.74, 6) is 0. The van der Waals surface area contributed by atoms with Crippen LogP contribution in [0, 0.1) is 0 Å². The lowest BCUT2D eigenvalue weighted by Crippen LogP contribution is -2.10. The Morgan fingerprint density at radius 2 is 1.71 bits per heavy atom. The van der Waals surface area contributed by atoms with Crippen molar-refractivity contribution in [1.29, 1.82) is 0 Å². The van der Waals surface area contributed by atoms with Gasteiger partial charge in [0.15, 0.2) is 0 Å². The molecule has 2 aromatic rings. The molecule has 0 unspecified atom stereocenters. The molecule has 0 spiro atoms. The molecule has 0 atom stereocenters. The highest BCUT2D eigenvalue weighted by Crippen LogP contribution is 2.37. The summed E-state index contributed by atoms with van der Waals surface area (Å²) >= 11 is 14.0. The molecule has 1 aromatic carbocycles. The third-order valence-corrected chi connectivity index (χ3v) is 4.26. The fourth-order valence-corrected chi connectivity index (χ4v) is 2.97. The van der Waals surface area contributed by atoms with Gasteiger partial charge in [-0.2, -0.15) is 0 Å². The molecule has 1 aromatic heterocycles. The Labute approximate surface area is 115 Å². The lowest BCUT2D eigenvalue weighted by atomic mass is 9.98. The molecule has 1 heterocycles. The fourth-order valence-electron chi connectivity index (χ4n) is 1.48. The van der Waals surface area contributed by atoms with Crippen molar-refractivity contribution in [2.45, 2.75) is 26.2 Å². The Morgan fingerprint density at radius 1 is 1.12 bits per heavy atom. The van der Waals surface area contributed by atoms with Crippen LogP contribution in [0.1, 0.15) is 25.8 Å². The van der Waals surface area contributed by atoms with Crippen LogP contribution in [0.25, 0.3) is 11.3 Å². The second kappa shape index (κ2) is 4.60. The molecule has 1 nitrogen and oxygen atoms in total. The van der Waals surface area contributed by atoms with Crippen LogP contribution < -0.4 is 0 Å². The van der Waals surface area contributed by atoms with E-state index in [-0.39, 0.29) is 5.41 Å². The Balaban J connectivity index is 2.51. The van der Waals surface area contributed by atoms with E-state index in [1.807, 2.05) is 23.6 Å². The topological polar surface area (TPSA) is 12.9 Å². The van der Waals surface area contributed by atoms with Gasteiger partial charge in [-0.15, -0.1) is 11.3 Å². The summed E-state index contributed by atoms with van der Waals surface area (Å²) in [6.07, 6.45) is 0. The summed E-state index contributed by atoms with van der Waals surface area (Å²) in [7, 11) is 0. The van der Waals surface area contributed by atoms with E-state index in [1.165, 1.54) is 0 Å². The predicted molar refractivity (Wildman–Crippen MR) is 76.3 cm³/mol. The number of hydrogen-bond donors (Lipinski definition) is 0. The summed E-state index contributed by atoms with van der Waals surface area (Å²) in [4.78, 5) is 4.62. The van der Waals surface area contributed by atoms with Gasteiger partial charge in [-0.3, -0.25) is 0 Å². The van der Waals surface area contributed by atoms with Crippen LogP contribution in [0.4, 0.5) is 0 Å². The Bertz CT molecular complexity index is 520. The van der Waals surface area contributed by atoms with E-state index in [4.69, 9.17) is 23.2 Å². The molecule has 0 radical (unpaired) electrons. The minimum absolute atomic E-state index is 0.0522. The molecule has 2 rings (SSSR count). The van der Waals surface area contributed by atoms with E-state index in [0.717, 1.165) is 16.3 Å². The van der Waals surface area contributed by atoms with E-state index >= 15 is 0 Å². The minimum Gasteiger partial charge on any atom is -0.241 e. The average molecular weight is 286 g/mol. The van der Waals surface area contributed by atoms with Crippen molar-refractivity contribution in [2.75, 3.05) is 0 Å². The number of rotatable bonds is 1. The number of aromatic nitrogens is 1. The van der Waals surface area contributed by atoms with Crippen molar-refractivity contribution in [3.8, 4) is 11.3 Å². The van der Waals surface area contributed by atoms with Crippen molar-refractivity contribution >= 4 is 34.5 Å². The largest absolute Gasteiger partial charge is 0.241 e. The first-order valence-corrected chi connectivity index (χ1v) is 6.93. The van der Waals surface area contributed by atoms with Gasteiger partial charge in [0.05, 0.1) is 20.7 Å². The summed E-state index contributed by atoms with van der Waals surface area (Å²) in [6, 6.07) is 5.50. The van der Waals surface area contributed by atoms with Gasteiger partial charge in [0, 0.05) is 16.4 Å². The highest BCUT2D eigenvalue weighted by molar-refractivity contribution is 7.10. The summed E-state index contributed by atoms with van der Waals surface area (Å²) in [5.41, 5.74) is 1.73. The highest BCUT2D eigenvalue weighted by Gasteiger charge is 2.20. The number of nitrogens with zero attached hydrogens (tertiary/aromatic N) is 1. The molecular formula is C13H13Cl2NS. The maximum atomic E-state index is 6.17. The van der Waals surface area contributed by atoms with Crippen LogP contribution in [0.5, 0.6) is 0 Å². The molecule has 0 N–H and O–H groups in total. The number of benzene rings is 1. The molecular weight excluding hydrogens is 273 g/mol. The molecule has 90 valence electrons. The standard InChI is InChI=1S/C13H13Cl2NS/c1-13(2,3)12-16-10(7-17-12)11-8(14)5-4-6-9(11)15/h4-7H,1-3H3. The van der Waals surface area contributed by atoms with Crippen molar-refractivity contribution in [1.82, 2.24) is 4.98 Å². The van der Waals surface area contributed by atoms with Gasteiger partial charge in [0.2, 0.25) is 0 Å². The first-order chi connectivity index (χ1) is 7.89. The van der Waals surface area contributed by atoms with Crippen molar-refractivity contribution in [3.05, 3.63) is 38.6 Å². The molecule has 17 heavy (non-hydrogen) atoms. The fraction of sp³-hybridized carbons (Fsp3) is 0.308. The third-order valence-electron chi connectivity index (χ3n) is 2.36. The number of thiazole rings is 1. The Hall–Kier alpha value is -0.570. The smallest absolute Gasteiger partial charge is 0.0986 e. The second-order valence-corrected chi connectivity index (χ2v) is 6.56. The SMILES string of the molecule is CC(C)(C)c1nc(-c2c(Cl)cccc2Cl)cs1. The first-order valence-electron chi connectivity index (χ1n) is 5.30. The lowest BCUT2D eigenvalue weighted by Gasteiger charge is -2.13. The lowest BCUT2D eigenvalue weighted by molar-refractivity contribution is 0.586. The zero-order valence-corrected chi connectivity index (χ0v) is 12.2. The summed E-state index contributed by atoms with van der Waals surface area (Å²) in [5, 5.41) is 4.38. The first kappa shape index (κ1) is 12.9. The van der Waals surface area contributed by atoms with E-state index in [2.05, 4.69) is 25.8 Å². The maximum absolute atomic E-state index is 6.17. The molecule has 0 saturated carbocycles. The molecule has 0 saturated heterocycles. The Morgan fingerprint density at radius 3 is 2.18 bits per heavy atom. The molecule has 0 bridgehead atoms. The van der Waals surface area contributed by atoms with Gasteiger partial charge in [-0.05, 0) is 12.1 Å². The van der Waals surface area contributed by atoms with Crippen LogP contribution in [0.2, 0.25) is 10.0 Å².